The highest BCUT2D eigenvalue weighted by Crippen LogP contribution is 2.17. The van der Waals surface area contributed by atoms with E-state index in [0.29, 0.717) is 29.6 Å². The van der Waals surface area contributed by atoms with Crippen molar-refractivity contribution in [2.75, 3.05) is 7.05 Å². The van der Waals surface area contributed by atoms with E-state index in [-0.39, 0.29) is 30.2 Å². The summed E-state index contributed by atoms with van der Waals surface area (Å²) in [7, 11) is 1.88. The van der Waals surface area contributed by atoms with Gasteiger partial charge in [0.2, 0.25) is 5.82 Å². The van der Waals surface area contributed by atoms with Gasteiger partial charge in [0, 0.05) is 12.5 Å². The molecule has 0 saturated heterocycles. The number of rotatable bonds is 5. The lowest BCUT2D eigenvalue weighted by atomic mass is 10.2. The SMILES string of the molecule is CNC(C)Cc1noc(-c2nc(C)n(-c3ccc(F)cc3)n2)n1.Cl. The van der Waals surface area contributed by atoms with Crippen LogP contribution in [-0.4, -0.2) is 38.0 Å². The minimum absolute atomic E-state index is 0. The lowest BCUT2D eigenvalue weighted by Crippen LogP contribution is -2.24. The molecule has 2 heterocycles. The molecule has 0 bridgehead atoms. The molecular formula is C15H18ClFN6O. The minimum Gasteiger partial charge on any atom is -0.330 e. The Balaban J connectivity index is 0.00000208. The number of hydrogen-bond acceptors (Lipinski definition) is 6. The monoisotopic (exact) mass is 352 g/mol. The molecule has 0 aliphatic rings. The van der Waals surface area contributed by atoms with Crippen LogP contribution >= 0.6 is 12.4 Å². The van der Waals surface area contributed by atoms with Gasteiger partial charge >= 0.3 is 0 Å². The van der Waals surface area contributed by atoms with E-state index in [9.17, 15) is 4.39 Å². The molecule has 0 spiro atoms. The molecule has 0 aliphatic heterocycles. The van der Waals surface area contributed by atoms with Crippen molar-refractivity contribution in [1.29, 1.82) is 0 Å². The van der Waals surface area contributed by atoms with Crippen molar-refractivity contribution < 1.29 is 8.91 Å². The molecule has 0 aliphatic carbocycles. The molecule has 128 valence electrons. The lowest BCUT2D eigenvalue weighted by Gasteiger charge is -2.04. The van der Waals surface area contributed by atoms with Crippen LogP contribution in [0.15, 0.2) is 28.8 Å². The van der Waals surface area contributed by atoms with Crippen LogP contribution in [0.3, 0.4) is 0 Å². The molecule has 1 N–H and O–H groups in total. The van der Waals surface area contributed by atoms with Crippen LogP contribution in [0.5, 0.6) is 0 Å². The van der Waals surface area contributed by atoms with Gasteiger partial charge in [-0.05, 0) is 45.2 Å². The fourth-order valence-corrected chi connectivity index (χ4v) is 2.11. The van der Waals surface area contributed by atoms with Crippen molar-refractivity contribution in [2.24, 2.45) is 0 Å². The third-order valence-electron chi connectivity index (χ3n) is 3.48. The molecule has 9 heteroatoms. The van der Waals surface area contributed by atoms with Gasteiger partial charge in [-0.2, -0.15) is 4.98 Å². The Bertz CT molecular complexity index is 801. The maximum absolute atomic E-state index is 13.0. The topological polar surface area (TPSA) is 81.7 Å². The second-order valence-electron chi connectivity index (χ2n) is 5.28. The summed E-state index contributed by atoms with van der Waals surface area (Å²) in [6, 6.07) is 6.26. The number of aryl methyl sites for hydroxylation is 1. The van der Waals surface area contributed by atoms with Crippen molar-refractivity contribution in [3.05, 3.63) is 41.7 Å². The first-order chi connectivity index (χ1) is 11.1. The molecule has 0 amide bonds. The Morgan fingerprint density at radius 1 is 1.25 bits per heavy atom. The zero-order valence-corrected chi connectivity index (χ0v) is 14.3. The maximum Gasteiger partial charge on any atom is 0.297 e. The number of halogens is 2. The Morgan fingerprint density at radius 3 is 2.62 bits per heavy atom. The smallest absolute Gasteiger partial charge is 0.297 e. The van der Waals surface area contributed by atoms with Crippen LogP contribution in [0.4, 0.5) is 4.39 Å². The fraction of sp³-hybridized carbons (Fsp3) is 0.333. The molecule has 2 aromatic heterocycles. The second-order valence-corrected chi connectivity index (χ2v) is 5.28. The standard InChI is InChI=1S/C15H17FN6O.ClH/c1-9(17-3)8-13-19-15(23-21-13)14-18-10(2)22(20-14)12-6-4-11(16)5-7-12;/h4-7,9,17H,8H2,1-3H3;1H. The van der Waals surface area contributed by atoms with E-state index in [2.05, 4.69) is 25.5 Å². The van der Waals surface area contributed by atoms with Crippen molar-refractivity contribution in [3.8, 4) is 17.4 Å². The van der Waals surface area contributed by atoms with Crippen molar-refractivity contribution >= 4 is 12.4 Å². The van der Waals surface area contributed by atoms with Gasteiger partial charge in [0.1, 0.15) is 11.6 Å². The zero-order chi connectivity index (χ0) is 16.4. The predicted molar refractivity (Wildman–Crippen MR) is 88.8 cm³/mol. The summed E-state index contributed by atoms with van der Waals surface area (Å²) in [6.45, 7) is 3.84. The van der Waals surface area contributed by atoms with Crippen LogP contribution in [0.2, 0.25) is 0 Å². The quantitative estimate of drug-likeness (QED) is 0.759. The Morgan fingerprint density at radius 2 is 1.96 bits per heavy atom. The van der Waals surface area contributed by atoms with Gasteiger partial charge in [0.15, 0.2) is 5.82 Å². The number of aromatic nitrogens is 5. The lowest BCUT2D eigenvalue weighted by molar-refractivity contribution is 0.416. The van der Waals surface area contributed by atoms with E-state index in [4.69, 9.17) is 4.52 Å². The Kier molecular flexibility index (Phi) is 5.63. The molecule has 3 aromatic rings. The first kappa shape index (κ1) is 18.0. The van der Waals surface area contributed by atoms with E-state index in [1.807, 2.05) is 14.0 Å². The van der Waals surface area contributed by atoms with Gasteiger partial charge < -0.3 is 9.84 Å². The number of nitrogens with zero attached hydrogens (tertiary/aromatic N) is 5. The van der Waals surface area contributed by atoms with Gasteiger partial charge in [-0.25, -0.2) is 14.1 Å². The molecule has 1 atom stereocenters. The zero-order valence-electron chi connectivity index (χ0n) is 13.5. The van der Waals surface area contributed by atoms with Gasteiger partial charge in [0.25, 0.3) is 5.89 Å². The van der Waals surface area contributed by atoms with Crippen LogP contribution in [0.25, 0.3) is 17.4 Å². The van der Waals surface area contributed by atoms with Gasteiger partial charge in [-0.15, -0.1) is 17.5 Å². The normalized spacial score (nSPS) is 12.0. The summed E-state index contributed by atoms with van der Waals surface area (Å²) >= 11 is 0. The summed E-state index contributed by atoms with van der Waals surface area (Å²) in [5, 5.41) is 11.4. The molecule has 24 heavy (non-hydrogen) atoms. The molecule has 1 aromatic carbocycles. The van der Waals surface area contributed by atoms with Gasteiger partial charge in [-0.1, -0.05) is 5.16 Å². The van der Waals surface area contributed by atoms with E-state index >= 15 is 0 Å². The summed E-state index contributed by atoms with van der Waals surface area (Å²) < 4.78 is 19.9. The third-order valence-corrected chi connectivity index (χ3v) is 3.48. The molecule has 0 fully saturated rings. The maximum atomic E-state index is 13.0. The summed E-state index contributed by atoms with van der Waals surface area (Å²) in [6.07, 6.45) is 0.650. The highest BCUT2D eigenvalue weighted by atomic mass is 35.5. The van der Waals surface area contributed by atoms with E-state index in [0.717, 1.165) is 0 Å². The van der Waals surface area contributed by atoms with E-state index in [1.165, 1.54) is 12.1 Å². The molecule has 7 nitrogen and oxygen atoms in total. The third kappa shape index (κ3) is 3.77. The van der Waals surface area contributed by atoms with Gasteiger partial charge in [0.05, 0.1) is 5.69 Å². The number of nitrogens with one attached hydrogen (secondary N) is 1. The number of hydrogen-bond donors (Lipinski definition) is 1. The molecule has 1 unspecified atom stereocenters. The van der Waals surface area contributed by atoms with Crippen molar-refractivity contribution in [2.45, 2.75) is 26.3 Å². The van der Waals surface area contributed by atoms with Crippen LogP contribution in [0.1, 0.15) is 18.6 Å². The van der Waals surface area contributed by atoms with Crippen molar-refractivity contribution in [3.63, 3.8) is 0 Å². The summed E-state index contributed by atoms with van der Waals surface area (Å²) in [5.41, 5.74) is 0.714. The molecular weight excluding hydrogens is 335 g/mol. The van der Waals surface area contributed by atoms with Crippen LogP contribution < -0.4 is 5.32 Å². The number of benzene rings is 1. The average molecular weight is 353 g/mol. The summed E-state index contributed by atoms with van der Waals surface area (Å²) in [5.74, 6) is 1.56. The summed E-state index contributed by atoms with van der Waals surface area (Å²) in [4.78, 5) is 8.65. The first-order valence-electron chi connectivity index (χ1n) is 7.26. The van der Waals surface area contributed by atoms with E-state index in [1.54, 1.807) is 23.7 Å². The molecule has 0 radical (unpaired) electrons. The van der Waals surface area contributed by atoms with Gasteiger partial charge in [-0.3, -0.25) is 0 Å². The van der Waals surface area contributed by atoms with Crippen LogP contribution in [0, 0.1) is 12.7 Å². The van der Waals surface area contributed by atoms with E-state index < -0.39 is 0 Å². The molecule has 3 rings (SSSR count). The van der Waals surface area contributed by atoms with Crippen LogP contribution in [-0.2, 0) is 6.42 Å². The number of likely N-dealkylation sites (N-methyl/N-ethyl adjacent to an activating group) is 1. The Hall–Kier alpha value is -2.32. The Labute approximate surface area is 144 Å². The first-order valence-corrected chi connectivity index (χ1v) is 7.26. The highest BCUT2D eigenvalue weighted by Gasteiger charge is 2.17. The largest absolute Gasteiger partial charge is 0.330 e. The average Bonchev–Trinajstić information content (AvgIpc) is 3.15. The van der Waals surface area contributed by atoms with Crippen molar-refractivity contribution in [1.82, 2.24) is 30.2 Å². The molecule has 0 saturated carbocycles. The predicted octanol–water partition coefficient (Wildman–Crippen LogP) is 2.34. The fourth-order valence-electron chi connectivity index (χ4n) is 2.11. The highest BCUT2D eigenvalue weighted by molar-refractivity contribution is 5.85. The second kappa shape index (κ2) is 7.50. The minimum atomic E-state index is -0.299.